The molecule has 2 saturated heterocycles. The lowest BCUT2D eigenvalue weighted by Crippen LogP contribution is -2.37. The minimum absolute atomic E-state index is 0.210. The van der Waals surface area contributed by atoms with Gasteiger partial charge in [-0.1, -0.05) is 18.2 Å². The quantitative estimate of drug-likeness (QED) is 0.712. The van der Waals surface area contributed by atoms with Crippen molar-refractivity contribution in [1.82, 2.24) is 9.62 Å². The first kappa shape index (κ1) is 20.1. The zero-order valence-electron chi connectivity index (χ0n) is 15.8. The summed E-state index contributed by atoms with van der Waals surface area (Å²) in [7, 11) is -2.23. The topological polar surface area (TPSA) is 79.0 Å². The number of ether oxygens (including phenoxy) is 1. The van der Waals surface area contributed by atoms with Crippen molar-refractivity contribution in [2.24, 2.45) is 5.92 Å². The second-order valence-electron chi connectivity index (χ2n) is 7.25. The second kappa shape index (κ2) is 9.03. The Balaban J connectivity index is 1.74. The highest BCUT2D eigenvalue weighted by molar-refractivity contribution is 7.90. The van der Waals surface area contributed by atoms with Gasteiger partial charge < -0.3 is 10.1 Å². The first-order valence-corrected chi connectivity index (χ1v) is 11.0. The van der Waals surface area contributed by atoms with Crippen molar-refractivity contribution in [2.45, 2.75) is 38.1 Å². The molecular formula is C19H29N3O4S. The van der Waals surface area contributed by atoms with Gasteiger partial charge in [0.25, 0.3) is 0 Å². The number of esters is 1. The van der Waals surface area contributed by atoms with Crippen LogP contribution < -0.4 is 9.62 Å². The van der Waals surface area contributed by atoms with Gasteiger partial charge in [0.1, 0.15) is 0 Å². The van der Waals surface area contributed by atoms with E-state index < -0.39 is 10.2 Å². The summed E-state index contributed by atoms with van der Waals surface area (Å²) >= 11 is 0. The number of hydrogen-bond acceptors (Lipinski definition) is 5. The monoisotopic (exact) mass is 395 g/mol. The van der Waals surface area contributed by atoms with Gasteiger partial charge >= 0.3 is 16.2 Å². The number of nitrogens with one attached hydrogen (secondary N) is 1. The number of carbonyl (C=O) groups is 1. The Morgan fingerprint density at radius 1 is 1.19 bits per heavy atom. The van der Waals surface area contributed by atoms with Crippen LogP contribution in [0.5, 0.6) is 0 Å². The van der Waals surface area contributed by atoms with Crippen LogP contribution in [0.4, 0.5) is 5.69 Å². The van der Waals surface area contributed by atoms with E-state index in [-0.39, 0.29) is 18.4 Å². The number of anilines is 1. The minimum atomic E-state index is -3.59. The molecule has 150 valence electrons. The van der Waals surface area contributed by atoms with Crippen LogP contribution in [-0.4, -0.2) is 58.0 Å². The predicted molar refractivity (Wildman–Crippen MR) is 105 cm³/mol. The van der Waals surface area contributed by atoms with Crippen molar-refractivity contribution in [3.63, 3.8) is 0 Å². The number of hydrogen-bond donors (Lipinski definition) is 1. The molecule has 27 heavy (non-hydrogen) atoms. The summed E-state index contributed by atoms with van der Waals surface area (Å²) in [5.74, 6) is 0.259. The van der Waals surface area contributed by atoms with Crippen LogP contribution in [-0.2, 0) is 19.7 Å². The molecule has 7 nitrogen and oxygen atoms in total. The molecule has 1 aromatic rings. The Kier molecular flexibility index (Phi) is 6.73. The number of nitrogens with zero attached hydrogens (tertiary/aromatic N) is 2. The van der Waals surface area contributed by atoms with Gasteiger partial charge in [-0.2, -0.15) is 12.7 Å². The van der Waals surface area contributed by atoms with Gasteiger partial charge in [-0.25, -0.2) is 0 Å². The van der Waals surface area contributed by atoms with Crippen molar-refractivity contribution < 1.29 is 17.9 Å². The Hall–Kier alpha value is -1.64. The first-order chi connectivity index (χ1) is 13.0. The zero-order chi connectivity index (χ0) is 19.3. The lowest BCUT2D eigenvalue weighted by Gasteiger charge is -2.26. The molecule has 8 heteroatoms. The van der Waals surface area contributed by atoms with Crippen LogP contribution in [0.25, 0.3) is 0 Å². The molecule has 1 unspecified atom stereocenters. The second-order valence-corrected chi connectivity index (χ2v) is 9.05. The van der Waals surface area contributed by atoms with E-state index in [1.807, 2.05) is 18.2 Å². The molecule has 0 aliphatic carbocycles. The van der Waals surface area contributed by atoms with Crippen LogP contribution in [0.2, 0.25) is 0 Å². The number of benzene rings is 1. The first-order valence-electron chi connectivity index (χ1n) is 9.64. The van der Waals surface area contributed by atoms with Crippen LogP contribution in [0.3, 0.4) is 0 Å². The largest absolute Gasteiger partial charge is 0.469 e. The van der Waals surface area contributed by atoms with Crippen molar-refractivity contribution >= 4 is 21.9 Å². The fourth-order valence-electron chi connectivity index (χ4n) is 3.93. The van der Waals surface area contributed by atoms with E-state index in [1.165, 1.54) is 11.4 Å². The molecule has 0 saturated carbocycles. The maximum Gasteiger partial charge on any atom is 0.305 e. The van der Waals surface area contributed by atoms with Crippen LogP contribution >= 0.6 is 0 Å². The third-order valence-corrected chi connectivity index (χ3v) is 7.48. The Bertz CT molecular complexity index is 720. The summed E-state index contributed by atoms with van der Waals surface area (Å²) in [6.07, 6.45) is 3.74. The summed E-state index contributed by atoms with van der Waals surface area (Å²) in [4.78, 5) is 11.6. The van der Waals surface area contributed by atoms with E-state index >= 15 is 0 Å². The van der Waals surface area contributed by atoms with Gasteiger partial charge in [-0.05, 0) is 56.8 Å². The maximum atomic E-state index is 13.2. The molecule has 0 bridgehead atoms. The lowest BCUT2D eigenvalue weighted by atomic mass is 9.95. The molecule has 1 N–H and O–H groups in total. The smallest absolute Gasteiger partial charge is 0.305 e. The van der Waals surface area contributed by atoms with E-state index in [2.05, 4.69) is 5.32 Å². The zero-order valence-corrected chi connectivity index (χ0v) is 16.7. The number of carbonyl (C=O) groups excluding carboxylic acids is 1. The number of methoxy groups -OCH3 is 1. The number of para-hydroxylation sites is 1. The van der Waals surface area contributed by atoms with E-state index in [0.29, 0.717) is 31.1 Å². The van der Waals surface area contributed by atoms with Gasteiger partial charge in [-0.15, -0.1) is 0 Å². The number of rotatable bonds is 7. The van der Waals surface area contributed by atoms with Gasteiger partial charge in [-0.3, -0.25) is 9.10 Å². The predicted octanol–water partition coefficient (Wildman–Crippen LogP) is 1.76. The molecule has 0 aromatic heterocycles. The van der Waals surface area contributed by atoms with Gasteiger partial charge in [0.05, 0.1) is 18.8 Å². The average molecular weight is 396 g/mol. The lowest BCUT2D eigenvalue weighted by molar-refractivity contribution is -0.140. The molecule has 0 amide bonds. The average Bonchev–Trinajstić information content (AvgIpc) is 2.95. The van der Waals surface area contributed by atoms with E-state index in [0.717, 1.165) is 32.4 Å². The maximum absolute atomic E-state index is 13.2. The SMILES string of the molecule is COC(=O)CCC1CN(CCC2CCNCC2)S(=O)(=O)N1c1ccccc1. The Labute approximate surface area is 161 Å². The third kappa shape index (κ3) is 4.80. The Morgan fingerprint density at radius 3 is 2.56 bits per heavy atom. The molecule has 0 spiro atoms. The van der Waals surface area contributed by atoms with Crippen LogP contribution in [0, 0.1) is 5.92 Å². The van der Waals surface area contributed by atoms with Crippen molar-refractivity contribution in [3.05, 3.63) is 30.3 Å². The number of piperidine rings is 1. The van der Waals surface area contributed by atoms with Gasteiger partial charge in [0.2, 0.25) is 0 Å². The van der Waals surface area contributed by atoms with Gasteiger partial charge in [0, 0.05) is 19.5 Å². The Morgan fingerprint density at radius 2 is 1.89 bits per heavy atom. The third-order valence-electron chi connectivity index (χ3n) is 5.49. The normalized spacial score (nSPS) is 23.4. The van der Waals surface area contributed by atoms with Crippen LogP contribution in [0.15, 0.2) is 30.3 Å². The van der Waals surface area contributed by atoms with E-state index in [1.54, 1.807) is 16.4 Å². The highest BCUT2D eigenvalue weighted by Gasteiger charge is 2.43. The molecule has 1 atom stereocenters. The summed E-state index contributed by atoms with van der Waals surface area (Å²) in [6, 6.07) is 8.88. The van der Waals surface area contributed by atoms with Crippen molar-refractivity contribution in [2.75, 3.05) is 37.6 Å². The summed E-state index contributed by atoms with van der Waals surface area (Å²) in [6.45, 7) is 2.97. The summed E-state index contributed by atoms with van der Waals surface area (Å²) in [5, 5.41) is 3.34. The molecule has 0 radical (unpaired) electrons. The van der Waals surface area contributed by atoms with Gasteiger partial charge in [0.15, 0.2) is 0 Å². The van der Waals surface area contributed by atoms with Crippen molar-refractivity contribution in [1.29, 1.82) is 0 Å². The highest BCUT2D eigenvalue weighted by Crippen LogP contribution is 2.32. The fraction of sp³-hybridized carbons (Fsp3) is 0.632. The molecular weight excluding hydrogens is 366 g/mol. The van der Waals surface area contributed by atoms with E-state index in [4.69, 9.17) is 4.74 Å². The van der Waals surface area contributed by atoms with Crippen molar-refractivity contribution in [3.8, 4) is 0 Å². The minimum Gasteiger partial charge on any atom is -0.469 e. The van der Waals surface area contributed by atoms with E-state index in [9.17, 15) is 13.2 Å². The molecule has 1 aromatic carbocycles. The molecule has 2 fully saturated rings. The highest BCUT2D eigenvalue weighted by atomic mass is 32.2. The molecule has 3 rings (SSSR count). The fourth-order valence-corrected chi connectivity index (χ4v) is 5.82. The molecule has 2 aliphatic heterocycles. The summed E-state index contributed by atoms with van der Waals surface area (Å²) < 4.78 is 34.2. The molecule has 2 aliphatic rings. The van der Waals surface area contributed by atoms with Crippen LogP contribution in [0.1, 0.15) is 32.1 Å². The summed E-state index contributed by atoms with van der Waals surface area (Å²) in [5.41, 5.74) is 0.650. The standard InChI is InChI=1S/C19H29N3O4S/c1-26-19(23)8-7-18-15-21(14-11-16-9-12-20-13-10-16)27(24,25)22(18)17-5-3-2-4-6-17/h2-6,16,18,20H,7-15H2,1H3. The molecule has 2 heterocycles.